The summed E-state index contributed by atoms with van der Waals surface area (Å²) in [5.74, 6) is 0.134. The zero-order chi connectivity index (χ0) is 13.9. The topological polar surface area (TPSA) is 79.9 Å². The SMILES string of the molecule is CCCOCCCNCc1cccc(/C(N)=N/O)c1. The van der Waals surface area contributed by atoms with E-state index < -0.39 is 0 Å². The second-order valence-corrected chi connectivity index (χ2v) is 4.33. The third kappa shape index (κ3) is 6.22. The van der Waals surface area contributed by atoms with Gasteiger partial charge in [-0.05, 0) is 31.0 Å². The van der Waals surface area contributed by atoms with E-state index in [0.29, 0.717) is 0 Å². The first-order valence-corrected chi connectivity index (χ1v) is 6.63. The summed E-state index contributed by atoms with van der Waals surface area (Å²) in [5, 5.41) is 15.0. The molecule has 19 heavy (non-hydrogen) atoms. The normalized spacial score (nSPS) is 11.7. The second kappa shape index (κ2) is 9.35. The molecule has 1 aromatic carbocycles. The molecule has 0 bridgehead atoms. The highest BCUT2D eigenvalue weighted by Crippen LogP contribution is 2.04. The number of ether oxygens (including phenoxy) is 1. The van der Waals surface area contributed by atoms with E-state index in [1.165, 1.54) is 0 Å². The molecule has 1 aromatic rings. The van der Waals surface area contributed by atoms with E-state index >= 15 is 0 Å². The molecule has 0 aromatic heterocycles. The summed E-state index contributed by atoms with van der Waals surface area (Å²) in [7, 11) is 0. The van der Waals surface area contributed by atoms with Crippen molar-refractivity contribution >= 4 is 5.84 Å². The van der Waals surface area contributed by atoms with Gasteiger partial charge in [-0.3, -0.25) is 0 Å². The van der Waals surface area contributed by atoms with Gasteiger partial charge in [0.05, 0.1) is 0 Å². The minimum absolute atomic E-state index is 0.134. The molecule has 5 nitrogen and oxygen atoms in total. The first-order chi connectivity index (χ1) is 9.27. The van der Waals surface area contributed by atoms with E-state index in [9.17, 15) is 0 Å². The molecule has 0 aliphatic heterocycles. The number of benzene rings is 1. The van der Waals surface area contributed by atoms with E-state index in [-0.39, 0.29) is 5.84 Å². The molecule has 0 aliphatic rings. The lowest BCUT2D eigenvalue weighted by atomic mass is 10.1. The van der Waals surface area contributed by atoms with Gasteiger partial charge in [0.15, 0.2) is 5.84 Å². The lowest BCUT2D eigenvalue weighted by molar-refractivity contribution is 0.132. The molecule has 106 valence electrons. The highest BCUT2D eigenvalue weighted by Gasteiger charge is 2.00. The molecule has 4 N–H and O–H groups in total. The maximum absolute atomic E-state index is 8.63. The van der Waals surface area contributed by atoms with Crippen LogP contribution in [0.15, 0.2) is 29.4 Å². The third-order valence-corrected chi connectivity index (χ3v) is 2.65. The van der Waals surface area contributed by atoms with Crippen molar-refractivity contribution in [2.75, 3.05) is 19.8 Å². The predicted molar refractivity (Wildman–Crippen MR) is 76.4 cm³/mol. The summed E-state index contributed by atoms with van der Waals surface area (Å²) < 4.78 is 5.40. The Morgan fingerprint density at radius 1 is 1.42 bits per heavy atom. The zero-order valence-electron chi connectivity index (χ0n) is 11.4. The fourth-order valence-electron chi connectivity index (χ4n) is 1.68. The predicted octanol–water partition coefficient (Wildman–Crippen LogP) is 1.69. The van der Waals surface area contributed by atoms with Gasteiger partial charge in [0, 0.05) is 25.3 Å². The van der Waals surface area contributed by atoms with Crippen LogP contribution in [0.5, 0.6) is 0 Å². The van der Waals surface area contributed by atoms with E-state index in [2.05, 4.69) is 17.4 Å². The van der Waals surface area contributed by atoms with Gasteiger partial charge >= 0.3 is 0 Å². The molecule has 0 unspecified atom stereocenters. The Hall–Kier alpha value is -1.59. The molecule has 0 atom stereocenters. The second-order valence-electron chi connectivity index (χ2n) is 4.33. The molecular weight excluding hydrogens is 242 g/mol. The Bertz CT molecular complexity index is 394. The van der Waals surface area contributed by atoms with Gasteiger partial charge in [0.25, 0.3) is 0 Å². The van der Waals surface area contributed by atoms with E-state index in [0.717, 1.165) is 50.3 Å². The largest absolute Gasteiger partial charge is 0.409 e. The zero-order valence-corrected chi connectivity index (χ0v) is 11.4. The standard InChI is InChI=1S/C14H23N3O2/c1-2-8-19-9-4-7-16-11-12-5-3-6-13(10-12)14(15)17-18/h3,5-6,10,16,18H,2,4,7-9,11H2,1H3,(H2,15,17). The lowest BCUT2D eigenvalue weighted by Gasteiger charge is -2.07. The average Bonchev–Trinajstić information content (AvgIpc) is 2.46. The summed E-state index contributed by atoms with van der Waals surface area (Å²) in [4.78, 5) is 0. The van der Waals surface area contributed by atoms with Gasteiger partial charge in [-0.2, -0.15) is 0 Å². The van der Waals surface area contributed by atoms with Crippen molar-refractivity contribution in [3.05, 3.63) is 35.4 Å². The minimum atomic E-state index is 0.134. The fourth-order valence-corrected chi connectivity index (χ4v) is 1.68. The van der Waals surface area contributed by atoms with Gasteiger partial charge < -0.3 is 21.0 Å². The van der Waals surface area contributed by atoms with Crippen LogP contribution in [0, 0.1) is 0 Å². The third-order valence-electron chi connectivity index (χ3n) is 2.65. The highest BCUT2D eigenvalue weighted by molar-refractivity contribution is 5.97. The van der Waals surface area contributed by atoms with Crippen molar-refractivity contribution in [1.82, 2.24) is 5.32 Å². The number of nitrogens with one attached hydrogen (secondary N) is 1. The Balaban J connectivity index is 2.26. The summed E-state index contributed by atoms with van der Waals surface area (Å²) in [5.41, 5.74) is 7.39. The number of nitrogens with zero attached hydrogens (tertiary/aromatic N) is 1. The van der Waals surface area contributed by atoms with Crippen LogP contribution in [0.25, 0.3) is 0 Å². The summed E-state index contributed by atoms with van der Waals surface area (Å²) in [6.07, 6.45) is 2.06. The number of rotatable bonds is 9. The van der Waals surface area contributed by atoms with Crippen LogP contribution in [0.4, 0.5) is 0 Å². The van der Waals surface area contributed by atoms with Gasteiger partial charge in [-0.25, -0.2) is 0 Å². The molecule has 0 saturated carbocycles. The number of oxime groups is 1. The first kappa shape index (κ1) is 15.5. The average molecular weight is 265 g/mol. The molecule has 0 saturated heterocycles. The highest BCUT2D eigenvalue weighted by atomic mass is 16.5. The van der Waals surface area contributed by atoms with Gasteiger partial charge in [0.1, 0.15) is 0 Å². The van der Waals surface area contributed by atoms with Crippen LogP contribution < -0.4 is 11.1 Å². The Labute approximate surface area is 114 Å². The number of hydrogen-bond acceptors (Lipinski definition) is 4. The molecule has 0 radical (unpaired) electrons. The number of amidine groups is 1. The van der Waals surface area contributed by atoms with Gasteiger partial charge in [-0.15, -0.1) is 0 Å². The first-order valence-electron chi connectivity index (χ1n) is 6.63. The maximum atomic E-state index is 8.63. The molecule has 0 amide bonds. The fraction of sp³-hybridized carbons (Fsp3) is 0.500. The molecule has 0 heterocycles. The van der Waals surface area contributed by atoms with Crippen molar-refractivity contribution < 1.29 is 9.94 Å². The summed E-state index contributed by atoms with van der Waals surface area (Å²) in [6.45, 7) is 5.41. The molecule has 1 rings (SSSR count). The molecule has 0 fully saturated rings. The molecule has 5 heteroatoms. The van der Waals surface area contributed by atoms with Crippen LogP contribution in [0.2, 0.25) is 0 Å². The van der Waals surface area contributed by atoms with Crippen LogP contribution in [0.1, 0.15) is 30.9 Å². The smallest absolute Gasteiger partial charge is 0.170 e. The van der Waals surface area contributed by atoms with Gasteiger partial charge in [0.2, 0.25) is 0 Å². The summed E-state index contributed by atoms with van der Waals surface area (Å²) >= 11 is 0. The molecular formula is C14H23N3O2. The number of nitrogens with two attached hydrogens (primary N) is 1. The molecule has 0 spiro atoms. The summed E-state index contributed by atoms with van der Waals surface area (Å²) in [6, 6.07) is 7.64. The van der Waals surface area contributed by atoms with Crippen molar-refractivity contribution in [2.24, 2.45) is 10.9 Å². The lowest BCUT2D eigenvalue weighted by Crippen LogP contribution is -2.18. The van der Waals surface area contributed by atoms with Crippen LogP contribution in [0.3, 0.4) is 0 Å². The monoisotopic (exact) mass is 265 g/mol. The van der Waals surface area contributed by atoms with E-state index in [4.69, 9.17) is 15.7 Å². The Kier molecular flexibility index (Phi) is 7.62. The van der Waals surface area contributed by atoms with E-state index in [1.807, 2.05) is 24.3 Å². The van der Waals surface area contributed by atoms with E-state index in [1.54, 1.807) is 0 Å². The van der Waals surface area contributed by atoms with Crippen molar-refractivity contribution in [2.45, 2.75) is 26.3 Å². The van der Waals surface area contributed by atoms with Gasteiger partial charge in [-0.1, -0.05) is 30.3 Å². The van der Waals surface area contributed by atoms with Crippen molar-refractivity contribution in [3.8, 4) is 0 Å². The number of hydrogen-bond donors (Lipinski definition) is 3. The van der Waals surface area contributed by atoms with Crippen LogP contribution >= 0.6 is 0 Å². The Morgan fingerprint density at radius 3 is 3.00 bits per heavy atom. The minimum Gasteiger partial charge on any atom is -0.409 e. The maximum Gasteiger partial charge on any atom is 0.170 e. The quantitative estimate of drug-likeness (QED) is 0.209. The molecule has 0 aliphatic carbocycles. The van der Waals surface area contributed by atoms with Crippen molar-refractivity contribution in [1.29, 1.82) is 0 Å². The Morgan fingerprint density at radius 2 is 2.26 bits per heavy atom. The van der Waals surface area contributed by atoms with Crippen molar-refractivity contribution in [3.63, 3.8) is 0 Å². The van der Waals surface area contributed by atoms with Crippen LogP contribution in [-0.4, -0.2) is 30.8 Å². The van der Waals surface area contributed by atoms with Crippen LogP contribution in [-0.2, 0) is 11.3 Å².